The summed E-state index contributed by atoms with van der Waals surface area (Å²) in [7, 11) is -4.08. The zero-order chi connectivity index (χ0) is 22.4. The van der Waals surface area contributed by atoms with Crippen LogP contribution in [0.3, 0.4) is 0 Å². The molecule has 1 aliphatic heterocycles. The van der Waals surface area contributed by atoms with Gasteiger partial charge in [0.25, 0.3) is 15.7 Å². The lowest BCUT2D eigenvalue weighted by Gasteiger charge is -2.34. The second-order valence-electron chi connectivity index (χ2n) is 7.92. The van der Waals surface area contributed by atoms with Gasteiger partial charge in [-0.2, -0.15) is 0 Å². The van der Waals surface area contributed by atoms with E-state index >= 15 is 0 Å². The number of rotatable bonds is 6. The van der Waals surface area contributed by atoms with Crippen LogP contribution in [0.5, 0.6) is 0 Å². The topological polar surface area (TPSA) is 151 Å². The number of nitrogens with zero attached hydrogens (tertiary/aromatic N) is 2. The number of nitrogens with one attached hydrogen (secondary N) is 3. The van der Waals surface area contributed by atoms with E-state index in [4.69, 9.17) is 0 Å². The first-order valence-electron chi connectivity index (χ1n) is 10.4. The number of piperidine rings is 1. The van der Waals surface area contributed by atoms with Crippen molar-refractivity contribution in [1.82, 2.24) is 20.5 Å². The first-order valence-corrected chi connectivity index (χ1v) is 11.9. The molecule has 1 aromatic rings. The summed E-state index contributed by atoms with van der Waals surface area (Å²) in [6.45, 7) is 0.764. The molecule has 2 fully saturated rings. The molecule has 0 spiro atoms. The van der Waals surface area contributed by atoms with Gasteiger partial charge >= 0.3 is 6.03 Å². The number of carbonyl (C=O) groups excluding carboxylic acids is 2. The first-order chi connectivity index (χ1) is 14.8. The summed E-state index contributed by atoms with van der Waals surface area (Å²) in [5.74, 6) is -1.06. The number of hydrogen-bond donors (Lipinski definition) is 3. The lowest BCUT2D eigenvalue weighted by molar-refractivity contribution is -0.384. The number of nitro benzene ring substituents is 1. The van der Waals surface area contributed by atoms with Crippen molar-refractivity contribution < 1.29 is 22.9 Å². The number of urea groups is 1. The molecule has 2 aliphatic rings. The summed E-state index contributed by atoms with van der Waals surface area (Å²) in [6, 6.07) is 4.30. The van der Waals surface area contributed by atoms with Crippen LogP contribution in [0.4, 0.5) is 10.5 Å². The van der Waals surface area contributed by atoms with Gasteiger partial charge in [-0.05, 0) is 37.8 Å². The van der Waals surface area contributed by atoms with Crippen LogP contribution in [0, 0.1) is 16.0 Å². The third-order valence-corrected chi connectivity index (χ3v) is 6.94. The van der Waals surface area contributed by atoms with Crippen LogP contribution in [0.2, 0.25) is 0 Å². The number of non-ortho nitro benzene ring substituents is 1. The van der Waals surface area contributed by atoms with Crippen LogP contribution in [-0.4, -0.2) is 49.3 Å². The average molecular weight is 454 g/mol. The van der Waals surface area contributed by atoms with Gasteiger partial charge in [-0.1, -0.05) is 19.3 Å². The van der Waals surface area contributed by atoms with Gasteiger partial charge < -0.3 is 10.2 Å². The van der Waals surface area contributed by atoms with E-state index in [2.05, 4.69) is 10.7 Å². The Bertz CT molecular complexity index is 914. The molecule has 0 bridgehead atoms. The van der Waals surface area contributed by atoms with Crippen molar-refractivity contribution in [3.05, 3.63) is 34.4 Å². The average Bonchev–Trinajstić information content (AvgIpc) is 2.78. The summed E-state index contributed by atoms with van der Waals surface area (Å²) >= 11 is 0. The number of hydrogen-bond acceptors (Lipinski definition) is 6. The smallest absolute Gasteiger partial charge is 0.317 e. The van der Waals surface area contributed by atoms with Crippen molar-refractivity contribution in [2.75, 3.05) is 13.1 Å². The van der Waals surface area contributed by atoms with E-state index in [9.17, 15) is 28.1 Å². The van der Waals surface area contributed by atoms with E-state index in [1.165, 1.54) is 6.42 Å². The van der Waals surface area contributed by atoms with Crippen LogP contribution in [0.25, 0.3) is 0 Å². The van der Waals surface area contributed by atoms with Crippen LogP contribution in [-0.2, 0) is 14.8 Å². The highest BCUT2D eigenvalue weighted by Gasteiger charge is 2.30. The Morgan fingerprint density at radius 3 is 2.35 bits per heavy atom. The molecule has 0 aromatic heterocycles. The van der Waals surface area contributed by atoms with Crippen molar-refractivity contribution >= 4 is 27.6 Å². The fourth-order valence-corrected chi connectivity index (χ4v) is 4.76. The largest absolute Gasteiger partial charge is 0.335 e. The van der Waals surface area contributed by atoms with Crippen molar-refractivity contribution in [3.63, 3.8) is 0 Å². The third-order valence-electron chi connectivity index (χ3n) is 5.68. The molecule has 3 N–H and O–H groups in total. The Morgan fingerprint density at radius 1 is 1.03 bits per heavy atom. The lowest BCUT2D eigenvalue weighted by Crippen LogP contribution is -2.53. The molecule has 1 heterocycles. The fourth-order valence-electron chi connectivity index (χ4n) is 3.91. The normalized spacial score (nSPS) is 20.1. The van der Waals surface area contributed by atoms with Crippen LogP contribution < -0.4 is 15.6 Å². The standard InChI is InChI=1S/C19H27N5O6S/c25-18(21-22-31(29,30)17-10-8-16(9-11-17)24(27)28)14-5-4-12-23(13-14)19(26)20-15-6-2-1-3-7-15/h8-11,14-15,22H,1-7,12-13H2,(H,20,26)(H,21,25)/t14-/m0/s1. The number of amides is 3. The summed E-state index contributed by atoms with van der Waals surface area (Å²) < 4.78 is 24.6. The van der Waals surface area contributed by atoms with E-state index in [0.717, 1.165) is 49.9 Å². The van der Waals surface area contributed by atoms with E-state index in [1.807, 2.05) is 4.83 Å². The molecule has 11 nitrogen and oxygen atoms in total. The van der Waals surface area contributed by atoms with Crippen LogP contribution >= 0.6 is 0 Å². The Balaban J connectivity index is 1.52. The molecular formula is C19H27N5O6S. The second-order valence-corrected chi connectivity index (χ2v) is 9.60. The van der Waals surface area contributed by atoms with Gasteiger partial charge in [0.15, 0.2) is 0 Å². The monoisotopic (exact) mass is 453 g/mol. The van der Waals surface area contributed by atoms with Gasteiger partial charge in [-0.15, -0.1) is 4.83 Å². The first kappa shape index (κ1) is 22.9. The molecule has 1 atom stereocenters. The Labute approximate surface area is 180 Å². The van der Waals surface area contributed by atoms with E-state index in [-0.39, 0.29) is 29.2 Å². The number of benzene rings is 1. The minimum Gasteiger partial charge on any atom is -0.335 e. The zero-order valence-corrected chi connectivity index (χ0v) is 17.9. The lowest BCUT2D eigenvalue weighted by atomic mass is 9.95. The summed E-state index contributed by atoms with van der Waals surface area (Å²) in [4.78, 5) is 38.5. The number of carbonyl (C=O) groups is 2. The predicted octanol–water partition coefficient (Wildman–Crippen LogP) is 1.66. The highest BCUT2D eigenvalue weighted by molar-refractivity contribution is 7.89. The number of likely N-dealkylation sites (tertiary alicyclic amines) is 1. The van der Waals surface area contributed by atoms with E-state index < -0.39 is 26.8 Å². The summed E-state index contributed by atoms with van der Waals surface area (Å²) in [6.07, 6.45) is 6.51. The predicted molar refractivity (Wildman–Crippen MR) is 111 cm³/mol. The SMILES string of the molecule is O=C(NNS(=O)(=O)c1ccc([N+](=O)[O-])cc1)[C@H]1CCCN(C(=O)NC2CCCCC2)C1. The maximum Gasteiger partial charge on any atom is 0.317 e. The van der Waals surface area contributed by atoms with Gasteiger partial charge in [0.2, 0.25) is 5.91 Å². The van der Waals surface area contributed by atoms with Crippen LogP contribution in [0.15, 0.2) is 29.2 Å². The van der Waals surface area contributed by atoms with Gasteiger partial charge in [-0.3, -0.25) is 20.3 Å². The maximum atomic E-state index is 12.5. The van der Waals surface area contributed by atoms with Gasteiger partial charge in [0.05, 0.1) is 15.7 Å². The van der Waals surface area contributed by atoms with Gasteiger partial charge in [0, 0.05) is 31.3 Å². The maximum absolute atomic E-state index is 12.5. The minimum absolute atomic E-state index is 0.170. The molecule has 0 radical (unpaired) electrons. The van der Waals surface area contributed by atoms with E-state index in [1.54, 1.807) is 4.90 Å². The molecule has 1 aliphatic carbocycles. The molecule has 170 valence electrons. The summed E-state index contributed by atoms with van der Waals surface area (Å²) in [5.41, 5.74) is 1.96. The van der Waals surface area contributed by atoms with Crippen molar-refractivity contribution in [1.29, 1.82) is 0 Å². The van der Waals surface area contributed by atoms with Crippen molar-refractivity contribution in [3.8, 4) is 0 Å². The summed E-state index contributed by atoms with van der Waals surface area (Å²) in [5, 5.41) is 13.7. The number of nitro groups is 1. The number of hydrazine groups is 1. The fraction of sp³-hybridized carbons (Fsp3) is 0.579. The van der Waals surface area contributed by atoms with Crippen molar-refractivity contribution in [2.24, 2.45) is 5.92 Å². The highest BCUT2D eigenvalue weighted by atomic mass is 32.2. The number of sulfonamides is 1. The third kappa shape index (κ3) is 6.14. The Hall–Kier alpha value is -2.73. The molecular weight excluding hydrogens is 426 g/mol. The van der Waals surface area contributed by atoms with Crippen molar-refractivity contribution in [2.45, 2.75) is 55.9 Å². The molecule has 12 heteroatoms. The molecule has 0 unspecified atom stereocenters. The zero-order valence-electron chi connectivity index (χ0n) is 17.1. The molecule has 1 aromatic carbocycles. The van der Waals surface area contributed by atoms with Gasteiger partial charge in [0.1, 0.15) is 0 Å². The molecule has 1 saturated carbocycles. The Kier molecular flexibility index (Phi) is 7.44. The second kappa shape index (κ2) is 10.1. The molecule has 31 heavy (non-hydrogen) atoms. The molecule has 3 amide bonds. The highest BCUT2D eigenvalue weighted by Crippen LogP contribution is 2.20. The molecule has 1 saturated heterocycles. The van der Waals surface area contributed by atoms with Crippen LogP contribution in [0.1, 0.15) is 44.9 Å². The van der Waals surface area contributed by atoms with Gasteiger partial charge in [-0.25, -0.2) is 13.2 Å². The minimum atomic E-state index is -4.08. The Morgan fingerprint density at radius 2 is 1.71 bits per heavy atom. The molecule has 3 rings (SSSR count). The quantitative estimate of drug-likeness (QED) is 0.440. The van der Waals surface area contributed by atoms with E-state index in [0.29, 0.717) is 19.4 Å².